The van der Waals surface area contributed by atoms with E-state index in [0.717, 1.165) is 21.0 Å². The van der Waals surface area contributed by atoms with Crippen LogP contribution in [0.5, 0.6) is 0 Å². The number of anilines is 1. The Labute approximate surface area is 148 Å². The molecule has 1 N–H and O–H groups in total. The average Bonchev–Trinajstić information content (AvgIpc) is 2.95. The predicted molar refractivity (Wildman–Crippen MR) is 98.0 cm³/mol. The fraction of sp³-hybridized carbons (Fsp3) is 0.111. The molecule has 122 valence electrons. The zero-order chi connectivity index (χ0) is 16.9. The van der Waals surface area contributed by atoms with E-state index in [1.54, 1.807) is 12.1 Å². The van der Waals surface area contributed by atoms with Crippen molar-refractivity contribution >= 4 is 34.1 Å². The summed E-state index contributed by atoms with van der Waals surface area (Å²) in [7, 11) is 0. The molecule has 1 amide bonds. The third-order valence-corrected chi connectivity index (χ3v) is 5.40. The first kappa shape index (κ1) is 16.7. The molecule has 0 saturated carbocycles. The SMILES string of the molecule is Cc1nc(NC(=O)CSc2ccc(F)cc2)sc1-c1ccccc1. The molecule has 0 radical (unpaired) electrons. The van der Waals surface area contributed by atoms with Gasteiger partial charge in [-0.15, -0.1) is 11.8 Å². The van der Waals surface area contributed by atoms with E-state index in [-0.39, 0.29) is 17.5 Å². The number of rotatable bonds is 5. The summed E-state index contributed by atoms with van der Waals surface area (Å²) in [4.78, 5) is 18.4. The van der Waals surface area contributed by atoms with E-state index in [9.17, 15) is 9.18 Å². The highest BCUT2D eigenvalue weighted by Crippen LogP contribution is 2.32. The molecule has 0 fully saturated rings. The summed E-state index contributed by atoms with van der Waals surface area (Å²) in [5.74, 6) is -0.154. The topological polar surface area (TPSA) is 42.0 Å². The number of aromatic nitrogens is 1. The average molecular weight is 358 g/mol. The molecule has 0 bridgehead atoms. The van der Waals surface area contributed by atoms with E-state index in [4.69, 9.17) is 0 Å². The van der Waals surface area contributed by atoms with Crippen LogP contribution in [-0.2, 0) is 4.79 Å². The molecular formula is C18H15FN2OS2. The van der Waals surface area contributed by atoms with Crippen molar-refractivity contribution < 1.29 is 9.18 Å². The van der Waals surface area contributed by atoms with Crippen LogP contribution in [0.25, 0.3) is 10.4 Å². The van der Waals surface area contributed by atoms with Crippen molar-refractivity contribution in [2.45, 2.75) is 11.8 Å². The molecule has 0 saturated heterocycles. The van der Waals surface area contributed by atoms with Gasteiger partial charge in [-0.25, -0.2) is 9.37 Å². The maximum absolute atomic E-state index is 12.9. The van der Waals surface area contributed by atoms with Crippen LogP contribution in [0.2, 0.25) is 0 Å². The number of benzene rings is 2. The molecule has 2 aromatic carbocycles. The second-order valence-electron chi connectivity index (χ2n) is 5.09. The van der Waals surface area contributed by atoms with Gasteiger partial charge in [-0.3, -0.25) is 4.79 Å². The number of nitrogens with one attached hydrogen (secondary N) is 1. The van der Waals surface area contributed by atoms with Gasteiger partial charge in [0.05, 0.1) is 16.3 Å². The zero-order valence-corrected chi connectivity index (χ0v) is 14.6. The third-order valence-electron chi connectivity index (χ3n) is 3.26. The molecule has 3 nitrogen and oxygen atoms in total. The second-order valence-corrected chi connectivity index (χ2v) is 7.14. The normalized spacial score (nSPS) is 10.6. The number of hydrogen-bond donors (Lipinski definition) is 1. The van der Waals surface area contributed by atoms with Crippen molar-refractivity contribution in [2.24, 2.45) is 0 Å². The quantitative estimate of drug-likeness (QED) is 0.654. The van der Waals surface area contributed by atoms with Gasteiger partial charge in [0.15, 0.2) is 5.13 Å². The van der Waals surface area contributed by atoms with Crippen molar-refractivity contribution in [3.05, 3.63) is 66.1 Å². The molecule has 0 aliphatic heterocycles. The van der Waals surface area contributed by atoms with Gasteiger partial charge >= 0.3 is 0 Å². The van der Waals surface area contributed by atoms with Crippen LogP contribution < -0.4 is 5.32 Å². The van der Waals surface area contributed by atoms with Crippen LogP contribution in [0.4, 0.5) is 9.52 Å². The smallest absolute Gasteiger partial charge is 0.236 e. The van der Waals surface area contributed by atoms with E-state index >= 15 is 0 Å². The monoisotopic (exact) mass is 358 g/mol. The van der Waals surface area contributed by atoms with E-state index in [1.807, 2.05) is 37.3 Å². The molecule has 1 heterocycles. The fourth-order valence-electron chi connectivity index (χ4n) is 2.14. The van der Waals surface area contributed by atoms with Crippen molar-refractivity contribution in [2.75, 3.05) is 11.1 Å². The fourth-order valence-corrected chi connectivity index (χ4v) is 3.83. The predicted octanol–water partition coefficient (Wildman–Crippen LogP) is 4.99. The standard InChI is InChI=1S/C18H15FN2OS2/c1-12-17(13-5-3-2-4-6-13)24-18(20-12)21-16(22)11-23-15-9-7-14(19)8-10-15/h2-10H,11H2,1H3,(H,20,21,22). The lowest BCUT2D eigenvalue weighted by molar-refractivity contribution is -0.113. The van der Waals surface area contributed by atoms with Gasteiger partial charge in [-0.1, -0.05) is 41.7 Å². The van der Waals surface area contributed by atoms with Crippen LogP contribution in [0, 0.1) is 12.7 Å². The van der Waals surface area contributed by atoms with E-state index in [1.165, 1.54) is 35.2 Å². The number of aryl methyl sites for hydroxylation is 1. The Balaban J connectivity index is 1.61. The summed E-state index contributed by atoms with van der Waals surface area (Å²) < 4.78 is 12.9. The summed E-state index contributed by atoms with van der Waals surface area (Å²) in [6.45, 7) is 1.93. The molecule has 3 rings (SSSR count). The Morgan fingerprint density at radius 1 is 1.17 bits per heavy atom. The first-order valence-corrected chi connectivity index (χ1v) is 9.13. The molecule has 3 aromatic rings. The van der Waals surface area contributed by atoms with E-state index < -0.39 is 0 Å². The second kappa shape index (κ2) is 7.59. The summed E-state index contributed by atoms with van der Waals surface area (Å²) in [5.41, 5.74) is 1.99. The summed E-state index contributed by atoms with van der Waals surface area (Å²) in [6.07, 6.45) is 0. The first-order valence-electron chi connectivity index (χ1n) is 7.33. The van der Waals surface area contributed by atoms with Crippen LogP contribution in [0.3, 0.4) is 0 Å². The van der Waals surface area contributed by atoms with Crippen LogP contribution >= 0.6 is 23.1 Å². The van der Waals surface area contributed by atoms with Gasteiger partial charge in [0, 0.05) is 4.90 Å². The number of carbonyl (C=O) groups excluding carboxylic acids is 1. The number of halogens is 1. The van der Waals surface area contributed by atoms with E-state index in [0.29, 0.717) is 5.13 Å². The maximum Gasteiger partial charge on any atom is 0.236 e. The van der Waals surface area contributed by atoms with Gasteiger partial charge in [-0.2, -0.15) is 0 Å². The number of thiazole rings is 1. The van der Waals surface area contributed by atoms with Gasteiger partial charge in [0.1, 0.15) is 5.82 Å². The molecular weight excluding hydrogens is 343 g/mol. The first-order chi connectivity index (χ1) is 11.6. The molecule has 0 spiro atoms. The molecule has 1 aromatic heterocycles. The van der Waals surface area contributed by atoms with Crippen LogP contribution in [0.15, 0.2) is 59.5 Å². The number of thioether (sulfide) groups is 1. The van der Waals surface area contributed by atoms with Crippen LogP contribution in [-0.4, -0.2) is 16.6 Å². The minimum absolute atomic E-state index is 0.127. The highest BCUT2D eigenvalue weighted by atomic mass is 32.2. The van der Waals surface area contributed by atoms with Crippen LogP contribution in [0.1, 0.15) is 5.69 Å². The minimum Gasteiger partial charge on any atom is -0.301 e. The lowest BCUT2D eigenvalue weighted by Crippen LogP contribution is -2.13. The van der Waals surface area contributed by atoms with Gasteiger partial charge < -0.3 is 5.32 Å². The van der Waals surface area contributed by atoms with Gasteiger partial charge in [0.25, 0.3) is 0 Å². The Morgan fingerprint density at radius 2 is 1.88 bits per heavy atom. The molecule has 0 aliphatic carbocycles. The van der Waals surface area contributed by atoms with Crippen molar-refractivity contribution in [1.29, 1.82) is 0 Å². The largest absolute Gasteiger partial charge is 0.301 e. The lowest BCUT2D eigenvalue weighted by Gasteiger charge is -2.02. The molecule has 0 aliphatic rings. The van der Waals surface area contributed by atoms with Crippen molar-refractivity contribution in [1.82, 2.24) is 4.98 Å². The Kier molecular flexibility index (Phi) is 5.27. The lowest BCUT2D eigenvalue weighted by atomic mass is 10.2. The molecule has 0 atom stereocenters. The van der Waals surface area contributed by atoms with Gasteiger partial charge in [-0.05, 0) is 36.8 Å². The number of amides is 1. The zero-order valence-electron chi connectivity index (χ0n) is 13.0. The van der Waals surface area contributed by atoms with Crippen molar-refractivity contribution in [3.8, 4) is 10.4 Å². The molecule has 24 heavy (non-hydrogen) atoms. The van der Waals surface area contributed by atoms with Crippen molar-refractivity contribution in [3.63, 3.8) is 0 Å². The molecule has 0 unspecified atom stereocenters. The minimum atomic E-state index is -0.282. The van der Waals surface area contributed by atoms with E-state index in [2.05, 4.69) is 10.3 Å². The number of nitrogens with zero attached hydrogens (tertiary/aromatic N) is 1. The Bertz CT molecular complexity index is 832. The molecule has 6 heteroatoms. The van der Waals surface area contributed by atoms with Gasteiger partial charge in [0.2, 0.25) is 5.91 Å². The Morgan fingerprint density at radius 3 is 2.58 bits per heavy atom. The summed E-state index contributed by atoms with van der Waals surface area (Å²) in [5, 5.41) is 3.42. The highest BCUT2D eigenvalue weighted by Gasteiger charge is 2.12. The summed E-state index contributed by atoms with van der Waals surface area (Å²) >= 11 is 2.82. The highest BCUT2D eigenvalue weighted by molar-refractivity contribution is 8.00. The maximum atomic E-state index is 12.9. The number of carbonyl (C=O) groups is 1. The number of hydrogen-bond acceptors (Lipinski definition) is 4. The summed E-state index contributed by atoms with van der Waals surface area (Å²) in [6, 6.07) is 16.1. The third kappa shape index (κ3) is 4.21. The Hall–Kier alpha value is -2.18.